The third-order valence-corrected chi connectivity index (χ3v) is 3.05. The second-order valence-electron chi connectivity index (χ2n) is 4.60. The summed E-state index contributed by atoms with van der Waals surface area (Å²) in [4.78, 5) is 12.1. The van der Waals surface area contributed by atoms with E-state index < -0.39 is 6.04 Å². The van der Waals surface area contributed by atoms with Crippen LogP contribution in [0.5, 0.6) is 0 Å². The Morgan fingerprint density at radius 1 is 1.00 bits per heavy atom. The first-order valence-electron chi connectivity index (χ1n) is 6.34. The summed E-state index contributed by atoms with van der Waals surface area (Å²) in [5.41, 5.74) is 1.36. The predicted molar refractivity (Wildman–Crippen MR) is 73.4 cm³/mol. The van der Waals surface area contributed by atoms with Gasteiger partial charge in [0.05, 0.1) is 6.04 Å². The van der Waals surface area contributed by atoms with Crippen LogP contribution in [0.2, 0.25) is 0 Å². The highest BCUT2D eigenvalue weighted by atomic mass is 19.1. The number of carbonyl (C=O) groups excluding carboxylic acids is 1. The second-order valence-corrected chi connectivity index (χ2v) is 4.60. The molecule has 0 aliphatic carbocycles. The van der Waals surface area contributed by atoms with Crippen LogP contribution in [0.4, 0.5) is 8.78 Å². The molecule has 0 aliphatic rings. The monoisotopic (exact) mass is 275 g/mol. The number of hydrogen-bond acceptors (Lipinski definition) is 2. The number of benzene rings is 2. The SMILES string of the molecule is CC(NCc1ccc(F)cc1)C(=O)c1ccc(F)cc1. The van der Waals surface area contributed by atoms with Crippen LogP contribution < -0.4 is 5.32 Å². The summed E-state index contributed by atoms with van der Waals surface area (Å²) in [6, 6.07) is 11.1. The van der Waals surface area contributed by atoms with Crippen LogP contribution in [0.1, 0.15) is 22.8 Å². The van der Waals surface area contributed by atoms with Crippen molar-refractivity contribution >= 4 is 5.78 Å². The number of halogens is 2. The molecule has 20 heavy (non-hydrogen) atoms. The molecule has 0 amide bonds. The third kappa shape index (κ3) is 3.71. The van der Waals surface area contributed by atoms with Gasteiger partial charge in [-0.15, -0.1) is 0 Å². The van der Waals surface area contributed by atoms with Gasteiger partial charge in [-0.25, -0.2) is 8.78 Å². The van der Waals surface area contributed by atoms with Crippen molar-refractivity contribution in [3.63, 3.8) is 0 Å². The van der Waals surface area contributed by atoms with Crippen LogP contribution in [-0.4, -0.2) is 11.8 Å². The third-order valence-electron chi connectivity index (χ3n) is 3.05. The molecule has 4 heteroatoms. The molecule has 1 unspecified atom stereocenters. The van der Waals surface area contributed by atoms with Crippen molar-refractivity contribution in [3.8, 4) is 0 Å². The highest BCUT2D eigenvalue weighted by Crippen LogP contribution is 2.07. The smallest absolute Gasteiger partial charge is 0.179 e. The number of Topliss-reactive ketones (excluding diaryl/α,β-unsaturated/α-hetero) is 1. The minimum atomic E-state index is -0.398. The molecule has 104 valence electrons. The van der Waals surface area contributed by atoms with E-state index in [9.17, 15) is 13.6 Å². The second kappa shape index (κ2) is 6.39. The Labute approximate surface area is 116 Å². The summed E-state index contributed by atoms with van der Waals surface area (Å²) in [5.74, 6) is -0.759. The maximum atomic E-state index is 12.8. The largest absolute Gasteiger partial charge is 0.303 e. The first kappa shape index (κ1) is 14.3. The lowest BCUT2D eigenvalue weighted by Gasteiger charge is -2.13. The van der Waals surface area contributed by atoms with Crippen molar-refractivity contribution in [1.82, 2.24) is 5.32 Å². The Hall–Kier alpha value is -2.07. The van der Waals surface area contributed by atoms with Crippen molar-refractivity contribution in [3.05, 3.63) is 71.3 Å². The molecule has 0 saturated heterocycles. The number of rotatable bonds is 5. The van der Waals surface area contributed by atoms with E-state index in [0.717, 1.165) is 5.56 Å². The molecule has 1 atom stereocenters. The summed E-state index contributed by atoms with van der Waals surface area (Å²) in [5, 5.41) is 3.07. The van der Waals surface area contributed by atoms with Gasteiger partial charge in [-0.3, -0.25) is 4.79 Å². The Morgan fingerprint density at radius 2 is 1.50 bits per heavy atom. The van der Waals surface area contributed by atoms with Crippen LogP contribution in [0.25, 0.3) is 0 Å². The molecule has 2 aromatic carbocycles. The van der Waals surface area contributed by atoms with Gasteiger partial charge in [-0.05, 0) is 48.9 Å². The van der Waals surface area contributed by atoms with Crippen molar-refractivity contribution in [2.45, 2.75) is 19.5 Å². The zero-order valence-corrected chi connectivity index (χ0v) is 11.1. The molecule has 0 bridgehead atoms. The molecular weight excluding hydrogens is 260 g/mol. The summed E-state index contributed by atoms with van der Waals surface area (Å²) in [6.45, 7) is 2.21. The van der Waals surface area contributed by atoms with Gasteiger partial charge in [-0.1, -0.05) is 12.1 Å². The summed E-state index contributed by atoms with van der Waals surface area (Å²) in [7, 11) is 0. The number of hydrogen-bond donors (Lipinski definition) is 1. The fourth-order valence-corrected chi connectivity index (χ4v) is 1.83. The van der Waals surface area contributed by atoms with Gasteiger partial charge in [0, 0.05) is 12.1 Å². The van der Waals surface area contributed by atoms with E-state index >= 15 is 0 Å². The van der Waals surface area contributed by atoms with Gasteiger partial charge >= 0.3 is 0 Å². The first-order chi connectivity index (χ1) is 9.56. The lowest BCUT2D eigenvalue weighted by atomic mass is 10.1. The van der Waals surface area contributed by atoms with Crippen LogP contribution in [0, 0.1) is 11.6 Å². The van der Waals surface area contributed by atoms with Gasteiger partial charge in [0.25, 0.3) is 0 Å². The minimum absolute atomic E-state index is 0.105. The van der Waals surface area contributed by atoms with E-state index in [1.54, 1.807) is 19.1 Å². The molecule has 0 radical (unpaired) electrons. The Kier molecular flexibility index (Phi) is 4.58. The summed E-state index contributed by atoms with van der Waals surface area (Å²) >= 11 is 0. The van der Waals surface area contributed by atoms with Gasteiger partial charge in [0.15, 0.2) is 5.78 Å². The van der Waals surface area contributed by atoms with Gasteiger partial charge in [-0.2, -0.15) is 0 Å². The van der Waals surface area contributed by atoms with Gasteiger partial charge in [0.1, 0.15) is 11.6 Å². The van der Waals surface area contributed by atoms with Crippen LogP contribution in [0.15, 0.2) is 48.5 Å². The summed E-state index contributed by atoms with van der Waals surface area (Å²) in [6.07, 6.45) is 0. The van der Waals surface area contributed by atoms with E-state index in [0.29, 0.717) is 12.1 Å². The molecule has 0 aromatic heterocycles. The zero-order chi connectivity index (χ0) is 14.5. The molecule has 0 aliphatic heterocycles. The van der Waals surface area contributed by atoms with Crippen molar-refractivity contribution in [1.29, 1.82) is 0 Å². The fraction of sp³-hybridized carbons (Fsp3) is 0.188. The van der Waals surface area contributed by atoms with Gasteiger partial charge in [0.2, 0.25) is 0 Å². The van der Waals surface area contributed by atoms with Crippen LogP contribution in [-0.2, 0) is 6.54 Å². The van der Waals surface area contributed by atoms with Crippen molar-refractivity contribution < 1.29 is 13.6 Å². The average molecular weight is 275 g/mol. The standard InChI is InChI=1S/C16H15F2NO/c1-11(16(20)13-4-8-15(18)9-5-13)19-10-12-2-6-14(17)7-3-12/h2-9,11,19H,10H2,1H3. The first-order valence-corrected chi connectivity index (χ1v) is 6.34. The Morgan fingerprint density at radius 3 is 2.05 bits per heavy atom. The summed E-state index contributed by atoms with van der Waals surface area (Å²) < 4.78 is 25.6. The maximum Gasteiger partial charge on any atom is 0.179 e. The molecule has 2 aromatic rings. The molecule has 2 nitrogen and oxygen atoms in total. The van der Waals surface area contributed by atoms with Crippen molar-refractivity contribution in [2.24, 2.45) is 0 Å². The average Bonchev–Trinajstić information content (AvgIpc) is 2.46. The van der Waals surface area contributed by atoms with Crippen LogP contribution in [0.3, 0.4) is 0 Å². The molecule has 1 N–H and O–H groups in total. The predicted octanol–water partition coefficient (Wildman–Crippen LogP) is 3.33. The maximum absolute atomic E-state index is 12.8. The zero-order valence-electron chi connectivity index (χ0n) is 11.1. The number of carbonyl (C=O) groups is 1. The number of nitrogens with one attached hydrogen (secondary N) is 1. The Balaban J connectivity index is 1.94. The van der Waals surface area contributed by atoms with E-state index in [4.69, 9.17) is 0 Å². The highest BCUT2D eigenvalue weighted by molar-refractivity contribution is 5.99. The fourth-order valence-electron chi connectivity index (χ4n) is 1.83. The van der Waals surface area contributed by atoms with E-state index in [-0.39, 0.29) is 17.4 Å². The quantitative estimate of drug-likeness (QED) is 0.848. The molecule has 0 spiro atoms. The van der Waals surface area contributed by atoms with E-state index in [1.165, 1.54) is 36.4 Å². The molecule has 0 fully saturated rings. The van der Waals surface area contributed by atoms with Crippen molar-refractivity contribution in [2.75, 3.05) is 0 Å². The molecule has 2 rings (SSSR count). The van der Waals surface area contributed by atoms with Crippen LogP contribution >= 0.6 is 0 Å². The topological polar surface area (TPSA) is 29.1 Å². The molecule has 0 heterocycles. The highest BCUT2D eigenvalue weighted by Gasteiger charge is 2.14. The lowest BCUT2D eigenvalue weighted by Crippen LogP contribution is -2.33. The Bertz CT molecular complexity index is 578. The molecular formula is C16H15F2NO. The van der Waals surface area contributed by atoms with Gasteiger partial charge < -0.3 is 5.32 Å². The normalized spacial score (nSPS) is 12.2. The minimum Gasteiger partial charge on any atom is -0.303 e. The van der Waals surface area contributed by atoms with E-state index in [2.05, 4.69) is 5.32 Å². The molecule has 0 saturated carbocycles. The van der Waals surface area contributed by atoms with E-state index in [1.807, 2.05) is 0 Å². The number of ketones is 1. The lowest BCUT2D eigenvalue weighted by molar-refractivity contribution is 0.0950.